The van der Waals surface area contributed by atoms with E-state index in [1.165, 1.54) is 244 Å². The lowest BCUT2D eigenvalue weighted by Crippen LogP contribution is -2.42. The summed E-state index contributed by atoms with van der Waals surface area (Å²) < 4.78 is 29.7. The quantitative estimate of drug-likeness (QED) is 0.103. The molecule has 0 aromatic heterocycles. The van der Waals surface area contributed by atoms with Crippen LogP contribution in [0.1, 0.15) is 212 Å². The molecule has 85 heavy (non-hydrogen) atoms. The SMILES string of the molecule is C1=CNCCC1.C1=CSC=CN1.C1CC2CCC1O2.C1CCN2CCCCC2C1.C1CCNC1.C1CCNCC1.C1CCNCC1.C1CCOCC1.C1CCSCC1.C1CNNC1.C1COCCN1.C=S1(=O)CCCCCN1.O=C1CCCCN1. The van der Waals surface area contributed by atoms with Crippen LogP contribution in [0.25, 0.3) is 0 Å². The molecule has 1 amide bonds. The van der Waals surface area contributed by atoms with E-state index in [4.69, 9.17) is 14.2 Å². The number of nitrogens with zero attached hydrogens (tertiary/aromatic N) is 1. The number of nitrogens with one attached hydrogen (secondary N) is 10. The van der Waals surface area contributed by atoms with Crippen LogP contribution in [0, 0.1) is 0 Å². The monoisotopic (exact) mass is 1250 g/mol. The number of hydrogen-bond donors (Lipinski definition) is 10. The lowest BCUT2D eigenvalue weighted by molar-refractivity contribution is -0.122. The minimum absolute atomic E-state index is 0.214. The molecule has 498 valence electrons. The number of amides is 1. The van der Waals surface area contributed by atoms with Crippen molar-refractivity contribution in [3.8, 4) is 0 Å². The van der Waals surface area contributed by atoms with Crippen molar-refractivity contribution in [2.45, 2.75) is 230 Å². The molecule has 15 aliphatic rings. The third-order valence-corrected chi connectivity index (χ3v) is 19.6. The van der Waals surface area contributed by atoms with Crippen LogP contribution < -0.4 is 52.8 Å². The maximum atomic E-state index is 11.2. The maximum Gasteiger partial charge on any atom is 0.219 e. The normalized spacial score (nSPS) is 27.2. The predicted octanol–water partition coefficient (Wildman–Crippen LogP) is 10.2. The number of carbonyl (C=O) groups is 1. The van der Waals surface area contributed by atoms with Crippen LogP contribution >= 0.6 is 23.5 Å². The molecule has 19 heteroatoms. The number of carbonyl (C=O) groups excluding carboxylic acids is 1. The Morgan fingerprint density at radius 2 is 1.00 bits per heavy atom. The first-order chi connectivity index (χ1) is 42.0. The largest absolute Gasteiger partial charge is 0.391 e. The molecule has 15 aliphatic heterocycles. The molecule has 16 nitrogen and oxygen atoms in total. The Morgan fingerprint density at radius 3 is 1.27 bits per heavy atom. The molecular weight excluding hydrogens is 1120 g/mol. The van der Waals surface area contributed by atoms with Crippen molar-refractivity contribution in [2.75, 3.05) is 142 Å². The van der Waals surface area contributed by atoms with Gasteiger partial charge in [0.1, 0.15) is 0 Å². The zero-order valence-electron chi connectivity index (χ0n) is 54.0. The van der Waals surface area contributed by atoms with E-state index in [2.05, 4.69) is 81.4 Å². The number of hydrogen-bond acceptors (Lipinski definition) is 16. The third-order valence-electron chi connectivity index (χ3n) is 16.2. The number of ether oxygens (including phenoxy) is 3. The highest BCUT2D eigenvalue weighted by atomic mass is 32.2. The molecule has 0 radical (unpaired) electrons. The molecule has 1 atom stereocenters. The van der Waals surface area contributed by atoms with E-state index < -0.39 is 9.71 Å². The number of rotatable bonds is 0. The van der Waals surface area contributed by atoms with Gasteiger partial charge in [-0.3, -0.25) is 19.9 Å². The topological polar surface area (TPSA) is 185 Å². The summed E-state index contributed by atoms with van der Waals surface area (Å²) in [4.78, 5) is 13.1. The molecule has 0 aromatic rings. The lowest BCUT2D eigenvalue weighted by atomic mass is 9.93. The van der Waals surface area contributed by atoms with Gasteiger partial charge in [-0.2, -0.15) is 11.8 Å². The highest BCUT2D eigenvalue weighted by Gasteiger charge is 2.31. The van der Waals surface area contributed by atoms with Gasteiger partial charge in [0.05, 0.1) is 25.4 Å². The van der Waals surface area contributed by atoms with Gasteiger partial charge < -0.3 is 56.3 Å². The molecule has 1 unspecified atom stereocenters. The Balaban J connectivity index is 0.000000242. The zero-order chi connectivity index (χ0) is 60.1. The highest BCUT2D eigenvalue weighted by Crippen LogP contribution is 2.33. The maximum absolute atomic E-state index is 11.2. The van der Waals surface area contributed by atoms with Gasteiger partial charge >= 0.3 is 0 Å². The number of fused-ring (bicyclic) bond motifs is 3. The molecule has 15 heterocycles. The Hall–Kier alpha value is -1.43. The minimum atomic E-state index is -1.87. The smallest absolute Gasteiger partial charge is 0.219 e. The van der Waals surface area contributed by atoms with Crippen molar-refractivity contribution in [1.29, 1.82) is 0 Å². The fraction of sp³-hybridized carbons (Fsp3) is 0.879. The summed E-state index contributed by atoms with van der Waals surface area (Å²) in [5.74, 6) is 7.41. The molecule has 0 aliphatic carbocycles. The fourth-order valence-electron chi connectivity index (χ4n) is 11.0. The second kappa shape index (κ2) is 60.2. The molecule has 0 aromatic carbocycles. The Labute approximate surface area is 530 Å². The van der Waals surface area contributed by atoms with Crippen LogP contribution in [0.15, 0.2) is 35.5 Å². The van der Waals surface area contributed by atoms with E-state index in [0.717, 1.165) is 116 Å². The average Bonchev–Trinajstić information content (AvgIpc) is 4.58. The van der Waals surface area contributed by atoms with Crippen molar-refractivity contribution in [3.63, 3.8) is 0 Å². The molecule has 0 saturated carbocycles. The van der Waals surface area contributed by atoms with Gasteiger partial charge in [-0.15, -0.1) is 11.8 Å². The minimum Gasteiger partial charge on any atom is -0.391 e. The second-order valence-corrected chi connectivity index (χ2v) is 28.3. The van der Waals surface area contributed by atoms with Crippen LogP contribution in [0.5, 0.6) is 0 Å². The summed E-state index contributed by atoms with van der Waals surface area (Å²) in [5, 5.41) is 25.7. The standard InChI is InChI=1S/C9H17N.C6H13NOS.C6H10O.C5H9NO.2C5H11N.C5H9N.C5H10O.C5H10S.C4H9NO.C4H5NS.C4H9N.C3H8N2/c1-3-7-10-8-4-2-6-9(10)5-1;1-9(8)6-4-2-3-5-7-9;1-2-6-4-3-5(1)7-6;7-5-3-1-2-4-6-5;5*1-2-4-6-5-3-1;2*1-3-6-4-2-5-1;2*1-2-4-5-3-1/h9H,1-8H2;1-6H2,(H,7,8);5-6H,1-4H2;1-4H2,(H,6,7);2*6H,1-5H2;2,4,6H,1,3,5H2;2*1-5H2;5H,1-4H2;1-5H;5H,1-4H2;4-5H,1-3H2. The Kier molecular flexibility index (Phi) is 55.1. The predicted molar refractivity (Wildman–Crippen MR) is 370 cm³/mol. The summed E-state index contributed by atoms with van der Waals surface area (Å²) >= 11 is 3.77. The number of hydrazine groups is 1. The lowest BCUT2D eigenvalue weighted by Gasteiger charge is -2.39. The molecule has 15 rings (SSSR count). The summed E-state index contributed by atoms with van der Waals surface area (Å²) in [5.41, 5.74) is 5.94. The summed E-state index contributed by atoms with van der Waals surface area (Å²) in [7, 11) is -1.87. The highest BCUT2D eigenvalue weighted by molar-refractivity contribution is 8.04. The van der Waals surface area contributed by atoms with Crippen molar-refractivity contribution in [1.82, 2.24) is 57.7 Å². The van der Waals surface area contributed by atoms with Crippen LogP contribution in [-0.4, -0.2) is 181 Å². The van der Waals surface area contributed by atoms with E-state index in [1.54, 1.807) is 11.8 Å². The van der Waals surface area contributed by atoms with Crippen molar-refractivity contribution in [3.05, 3.63) is 35.5 Å². The van der Waals surface area contributed by atoms with Gasteiger partial charge in [-0.25, -0.2) is 4.72 Å². The molecule has 13 saturated heterocycles. The number of thioether (sulfide) groups is 2. The van der Waals surface area contributed by atoms with Crippen molar-refractivity contribution in [2.24, 2.45) is 0 Å². The second-order valence-electron chi connectivity index (χ2n) is 23.9. The number of allylic oxidation sites excluding steroid dienone is 1. The van der Waals surface area contributed by atoms with Gasteiger partial charge in [-0.05, 0) is 254 Å². The van der Waals surface area contributed by atoms with E-state index in [0.29, 0.717) is 12.2 Å². The van der Waals surface area contributed by atoms with Crippen LogP contribution in [-0.2, 0) is 28.7 Å². The first-order valence-electron chi connectivity index (χ1n) is 34.9. The summed E-state index contributed by atoms with van der Waals surface area (Å²) in [6.45, 7) is 21.3. The molecule has 0 spiro atoms. The van der Waals surface area contributed by atoms with Crippen molar-refractivity contribution < 1.29 is 23.2 Å². The van der Waals surface area contributed by atoms with Gasteiger partial charge in [-0.1, -0.05) is 44.6 Å². The summed E-state index contributed by atoms with van der Waals surface area (Å²) in [6, 6.07) is 0.988. The first kappa shape index (κ1) is 77.8. The number of piperidine rings is 5. The van der Waals surface area contributed by atoms with Crippen LogP contribution in [0.3, 0.4) is 0 Å². The van der Waals surface area contributed by atoms with E-state index in [9.17, 15) is 9.00 Å². The molecular formula is C66H131N11O5S3. The van der Waals surface area contributed by atoms with Crippen LogP contribution in [0.2, 0.25) is 0 Å². The number of morpholine rings is 1. The van der Waals surface area contributed by atoms with E-state index in [1.807, 2.05) is 29.4 Å². The first-order valence-corrected chi connectivity index (χ1v) is 38.9. The fourth-order valence-corrected chi connectivity index (χ4v) is 13.8. The molecule has 13 fully saturated rings. The third kappa shape index (κ3) is 52.0. The zero-order valence-corrected chi connectivity index (χ0v) is 56.5. The van der Waals surface area contributed by atoms with Gasteiger partial charge in [0.15, 0.2) is 0 Å². The molecule has 10 N–H and O–H groups in total. The van der Waals surface area contributed by atoms with Crippen LogP contribution in [0.4, 0.5) is 0 Å². The summed E-state index contributed by atoms with van der Waals surface area (Å²) in [6.07, 6.45) is 53.3. The van der Waals surface area contributed by atoms with E-state index >= 15 is 0 Å². The van der Waals surface area contributed by atoms with Gasteiger partial charge in [0.25, 0.3) is 0 Å². The Morgan fingerprint density at radius 1 is 0.482 bits per heavy atom. The van der Waals surface area contributed by atoms with Gasteiger partial charge in [0, 0.05) is 99.4 Å². The Bertz CT molecular complexity index is 1400. The van der Waals surface area contributed by atoms with E-state index in [-0.39, 0.29) is 5.91 Å². The van der Waals surface area contributed by atoms with Gasteiger partial charge in [0.2, 0.25) is 5.91 Å². The average molecular weight is 1260 g/mol. The van der Waals surface area contributed by atoms with Crippen molar-refractivity contribution >= 4 is 45.0 Å². The molecule has 2 bridgehead atoms.